The monoisotopic (exact) mass is 318 g/mol. The fraction of sp³-hybridized carbons (Fsp3) is 0.412. The Bertz CT molecular complexity index is 647. The zero-order valence-corrected chi connectivity index (χ0v) is 13.8. The van der Waals surface area contributed by atoms with Crippen LogP contribution in [0.3, 0.4) is 0 Å². The molecule has 0 saturated carbocycles. The van der Waals surface area contributed by atoms with E-state index < -0.39 is 0 Å². The highest BCUT2D eigenvalue weighted by Crippen LogP contribution is 2.12. The van der Waals surface area contributed by atoms with E-state index in [1.165, 1.54) is 6.07 Å². The van der Waals surface area contributed by atoms with Crippen molar-refractivity contribution in [3.8, 4) is 0 Å². The molecule has 5 nitrogen and oxygen atoms in total. The number of nitrogens with zero attached hydrogens (tertiary/aromatic N) is 2. The second-order valence-corrected chi connectivity index (χ2v) is 5.27. The maximum absolute atomic E-state index is 13.6. The molecule has 0 fully saturated rings. The van der Waals surface area contributed by atoms with Gasteiger partial charge in [0.25, 0.3) is 0 Å². The van der Waals surface area contributed by atoms with Crippen LogP contribution in [0.5, 0.6) is 0 Å². The van der Waals surface area contributed by atoms with Crippen molar-refractivity contribution in [1.29, 1.82) is 0 Å². The Morgan fingerprint density at radius 2 is 2.04 bits per heavy atom. The van der Waals surface area contributed by atoms with Crippen LogP contribution in [0.1, 0.15) is 29.5 Å². The average Bonchev–Trinajstić information content (AvgIpc) is 2.85. The Hall–Kier alpha value is -2.37. The highest BCUT2D eigenvalue weighted by molar-refractivity contribution is 5.79. The van der Waals surface area contributed by atoms with Crippen molar-refractivity contribution < 1.29 is 8.91 Å². The maximum atomic E-state index is 13.6. The number of aryl methyl sites for hydroxylation is 2. The number of hydrogen-bond donors (Lipinski definition) is 2. The van der Waals surface area contributed by atoms with E-state index in [2.05, 4.69) is 20.8 Å². The summed E-state index contributed by atoms with van der Waals surface area (Å²) in [6.07, 6.45) is 0.797. The summed E-state index contributed by atoms with van der Waals surface area (Å²) in [5.74, 6) is 1.28. The minimum atomic E-state index is -0.234. The summed E-state index contributed by atoms with van der Waals surface area (Å²) in [6.45, 7) is 7.58. The molecule has 1 heterocycles. The van der Waals surface area contributed by atoms with Gasteiger partial charge < -0.3 is 15.2 Å². The summed E-state index contributed by atoms with van der Waals surface area (Å²) in [6, 6.07) is 6.68. The SMILES string of the molecule is CCNC(=NCc1ccccc1F)NCCc1c(C)noc1C. The smallest absolute Gasteiger partial charge is 0.191 e. The summed E-state index contributed by atoms with van der Waals surface area (Å²) in [5, 5.41) is 10.4. The first-order chi connectivity index (χ1) is 11.1. The molecule has 2 rings (SSSR count). The molecule has 0 amide bonds. The lowest BCUT2D eigenvalue weighted by molar-refractivity contribution is 0.392. The van der Waals surface area contributed by atoms with Gasteiger partial charge >= 0.3 is 0 Å². The second kappa shape index (κ2) is 8.31. The van der Waals surface area contributed by atoms with E-state index >= 15 is 0 Å². The Balaban J connectivity index is 1.93. The zero-order valence-electron chi connectivity index (χ0n) is 13.8. The number of hydrogen-bond acceptors (Lipinski definition) is 3. The number of halogens is 1. The average molecular weight is 318 g/mol. The maximum Gasteiger partial charge on any atom is 0.191 e. The molecule has 1 aromatic heterocycles. The van der Waals surface area contributed by atoms with Crippen molar-refractivity contribution in [3.63, 3.8) is 0 Å². The van der Waals surface area contributed by atoms with Crippen molar-refractivity contribution in [2.45, 2.75) is 33.7 Å². The van der Waals surface area contributed by atoms with Gasteiger partial charge in [-0.25, -0.2) is 9.38 Å². The molecular formula is C17H23FN4O. The van der Waals surface area contributed by atoms with E-state index in [0.717, 1.165) is 30.0 Å². The minimum absolute atomic E-state index is 0.234. The van der Waals surface area contributed by atoms with Crippen molar-refractivity contribution in [3.05, 3.63) is 52.7 Å². The summed E-state index contributed by atoms with van der Waals surface area (Å²) in [4.78, 5) is 4.42. The molecule has 6 heteroatoms. The van der Waals surface area contributed by atoms with E-state index in [9.17, 15) is 4.39 Å². The molecular weight excluding hydrogens is 295 g/mol. The van der Waals surface area contributed by atoms with Gasteiger partial charge in [0.15, 0.2) is 5.96 Å². The van der Waals surface area contributed by atoms with Crippen LogP contribution in [0.4, 0.5) is 4.39 Å². The molecule has 0 bridgehead atoms. The zero-order chi connectivity index (χ0) is 16.7. The van der Waals surface area contributed by atoms with Gasteiger partial charge in [-0.1, -0.05) is 23.4 Å². The normalized spacial score (nSPS) is 11.6. The number of aromatic nitrogens is 1. The Labute approximate surface area is 136 Å². The van der Waals surface area contributed by atoms with Gasteiger partial charge in [-0.3, -0.25) is 0 Å². The van der Waals surface area contributed by atoms with Gasteiger partial charge in [0.2, 0.25) is 0 Å². The standard InChI is InChI=1S/C17H23FN4O/c1-4-19-17(21-11-14-7-5-6-8-16(14)18)20-10-9-15-12(2)22-23-13(15)3/h5-8H,4,9-11H2,1-3H3,(H2,19,20,21). The molecule has 0 radical (unpaired) electrons. The lowest BCUT2D eigenvalue weighted by Gasteiger charge is -2.11. The van der Waals surface area contributed by atoms with Crippen LogP contribution in [0.15, 0.2) is 33.8 Å². The lowest BCUT2D eigenvalue weighted by Crippen LogP contribution is -2.38. The topological polar surface area (TPSA) is 62.5 Å². The lowest BCUT2D eigenvalue weighted by atomic mass is 10.1. The number of benzene rings is 1. The predicted octanol–water partition coefficient (Wildman–Crippen LogP) is 2.73. The molecule has 0 aliphatic heterocycles. The van der Waals surface area contributed by atoms with Crippen LogP contribution in [0.25, 0.3) is 0 Å². The Kier molecular flexibility index (Phi) is 6.14. The summed E-state index contributed by atoms with van der Waals surface area (Å²) in [7, 11) is 0. The molecule has 0 spiro atoms. The third-order valence-corrected chi connectivity index (χ3v) is 3.56. The fourth-order valence-corrected chi connectivity index (χ4v) is 2.30. The minimum Gasteiger partial charge on any atom is -0.361 e. The quantitative estimate of drug-likeness (QED) is 0.635. The summed E-state index contributed by atoms with van der Waals surface area (Å²) in [5.41, 5.74) is 2.61. The second-order valence-electron chi connectivity index (χ2n) is 5.27. The van der Waals surface area contributed by atoms with E-state index in [1.54, 1.807) is 12.1 Å². The van der Waals surface area contributed by atoms with Crippen LogP contribution in [-0.2, 0) is 13.0 Å². The number of rotatable bonds is 6. The molecule has 0 saturated heterocycles. The molecule has 0 aliphatic rings. The number of nitrogens with one attached hydrogen (secondary N) is 2. The molecule has 23 heavy (non-hydrogen) atoms. The van der Waals surface area contributed by atoms with Gasteiger partial charge in [-0.2, -0.15) is 0 Å². The highest BCUT2D eigenvalue weighted by atomic mass is 19.1. The Morgan fingerprint density at radius 1 is 1.26 bits per heavy atom. The van der Waals surface area contributed by atoms with Gasteiger partial charge in [-0.15, -0.1) is 0 Å². The van der Waals surface area contributed by atoms with Gasteiger partial charge in [0, 0.05) is 24.2 Å². The molecule has 2 aromatic rings. The van der Waals surface area contributed by atoms with Crippen molar-refractivity contribution in [2.75, 3.05) is 13.1 Å². The van der Waals surface area contributed by atoms with Crippen LogP contribution in [-0.4, -0.2) is 24.2 Å². The van der Waals surface area contributed by atoms with Crippen LogP contribution >= 0.6 is 0 Å². The van der Waals surface area contributed by atoms with Crippen molar-refractivity contribution in [2.24, 2.45) is 4.99 Å². The molecule has 1 aromatic carbocycles. The number of guanidine groups is 1. The van der Waals surface area contributed by atoms with E-state index in [1.807, 2.05) is 26.8 Å². The first-order valence-corrected chi connectivity index (χ1v) is 7.79. The molecule has 0 aliphatic carbocycles. The number of aliphatic imine (C=N–C) groups is 1. The van der Waals surface area contributed by atoms with Crippen LogP contribution in [0, 0.1) is 19.7 Å². The molecule has 0 atom stereocenters. The van der Waals surface area contributed by atoms with E-state index in [4.69, 9.17) is 4.52 Å². The third kappa shape index (κ3) is 4.81. The molecule has 2 N–H and O–H groups in total. The van der Waals surface area contributed by atoms with Crippen LogP contribution < -0.4 is 10.6 Å². The fourth-order valence-electron chi connectivity index (χ4n) is 2.30. The molecule has 124 valence electrons. The van der Waals surface area contributed by atoms with Crippen LogP contribution in [0.2, 0.25) is 0 Å². The van der Waals surface area contributed by atoms with Gasteiger partial charge in [-0.05, 0) is 33.3 Å². The largest absolute Gasteiger partial charge is 0.361 e. The summed E-state index contributed by atoms with van der Waals surface area (Å²) < 4.78 is 18.8. The first-order valence-electron chi connectivity index (χ1n) is 7.79. The first kappa shape index (κ1) is 17.0. The molecule has 0 unspecified atom stereocenters. The van der Waals surface area contributed by atoms with Gasteiger partial charge in [0.1, 0.15) is 11.6 Å². The Morgan fingerprint density at radius 3 is 2.70 bits per heavy atom. The third-order valence-electron chi connectivity index (χ3n) is 3.56. The van der Waals surface area contributed by atoms with Crippen molar-refractivity contribution in [1.82, 2.24) is 15.8 Å². The van der Waals surface area contributed by atoms with E-state index in [0.29, 0.717) is 24.6 Å². The highest BCUT2D eigenvalue weighted by Gasteiger charge is 2.08. The van der Waals surface area contributed by atoms with Crippen molar-refractivity contribution >= 4 is 5.96 Å². The predicted molar refractivity (Wildman–Crippen MR) is 88.9 cm³/mol. The van der Waals surface area contributed by atoms with E-state index in [-0.39, 0.29) is 5.82 Å². The van der Waals surface area contributed by atoms with Gasteiger partial charge in [0.05, 0.1) is 12.2 Å². The summed E-state index contributed by atoms with van der Waals surface area (Å²) >= 11 is 0.